The fraction of sp³-hybridized carbons (Fsp3) is 0.286. The number of hydrogen-bond donors (Lipinski definition) is 2. The molecule has 0 spiro atoms. The molecule has 6 nitrogen and oxygen atoms in total. The second-order valence-electron chi connectivity index (χ2n) is 5.68. The molecule has 7 heteroatoms. The molecule has 0 bridgehead atoms. The third-order valence-electron chi connectivity index (χ3n) is 2.96. The number of rotatable bonds is 3. The second kappa shape index (κ2) is 5.25. The second-order valence-corrected chi connectivity index (χ2v) is 6.71. The lowest BCUT2D eigenvalue weighted by Crippen LogP contribution is -2.07. The van der Waals surface area contributed by atoms with Gasteiger partial charge in [-0.1, -0.05) is 20.8 Å². The van der Waals surface area contributed by atoms with E-state index in [1.807, 2.05) is 6.07 Å². The molecule has 0 saturated heterocycles. The van der Waals surface area contributed by atoms with Crippen molar-refractivity contribution in [1.29, 1.82) is 0 Å². The highest BCUT2D eigenvalue weighted by molar-refractivity contribution is 7.18. The molecule has 2 N–H and O–H groups in total. The molecule has 0 saturated carbocycles. The van der Waals surface area contributed by atoms with Crippen LogP contribution in [0.3, 0.4) is 0 Å². The molecule has 0 aromatic carbocycles. The van der Waals surface area contributed by atoms with Gasteiger partial charge < -0.3 is 0 Å². The van der Waals surface area contributed by atoms with Crippen LogP contribution < -0.4 is 5.43 Å². The van der Waals surface area contributed by atoms with Crippen LogP contribution in [0, 0.1) is 0 Å². The number of nitrogens with zero attached hydrogens (tertiary/aromatic N) is 4. The van der Waals surface area contributed by atoms with Gasteiger partial charge in [0.15, 0.2) is 5.82 Å². The number of fused-ring (bicyclic) bond motifs is 1. The molecular weight excluding hydrogens is 284 g/mol. The SMILES string of the molecule is CC(C)(C)c1cc2c(NN=Cc3ccn[nH]3)ncnc2s1. The molecule has 0 amide bonds. The first-order valence-electron chi connectivity index (χ1n) is 6.57. The smallest absolute Gasteiger partial charge is 0.158 e. The number of hydrogen-bond acceptors (Lipinski definition) is 6. The minimum atomic E-state index is 0.0990. The van der Waals surface area contributed by atoms with Gasteiger partial charge >= 0.3 is 0 Å². The molecule has 3 heterocycles. The zero-order valence-electron chi connectivity index (χ0n) is 12.1. The summed E-state index contributed by atoms with van der Waals surface area (Å²) in [5, 5.41) is 11.8. The summed E-state index contributed by atoms with van der Waals surface area (Å²) in [6.07, 6.45) is 4.90. The largest absolute Gasteiger partial charge is 0.277 e. The predicted octanol–water partition coefficient (Wildman–Crippen LogP) is 3.16. The summed E-state index contributed by atoms with van der Waals surface area (Å²) < 4.78 is 0. The lowest BCUT2D eigenvalue weighted by Gasteiger charge is -2.14. The number of thiophene rings is 1. The first-order chi connectivity index (χ1) is 10.0. The fourth-order valence-corrected chi connectivity index (χ4v) is 2.87. The van der Waals surface area contributed by atoms with E-state index in [4.69, 9.17) is 0 Å². The number of hydrazone groups is 1. The third kappa shape index (κ3) is 2.92. The van der Waals surface area contributed by atoms with Gasteiger partial charge in [0, 0.05) is 11.1 Å². The van der Waals surface area contributed by atoms with E-state index in [1.165, 1.54) is 4.88 Å². The van der Waals surface area contributed by atoms with Crippen molar-refractivity contribution < 1.29 is 0 Å². The van der Waals surface area contributed by atoms with Crippen molar-refractivity contribution >= 4 is 33.6 Å². The van der Waals surface area contributed by atoms with Gasteiger partial charge in [0.2, 0.25) is 0 Å². The van der Waals surface area contributed by atoms with Crippen LogP contribution >= 0.6 is 11.3 Å². The quantitative estimate of drug-likeness (QED) is 0.575. The van der Waals surface area contributed by atoms with E-state index in [0.717, 1.165) is 15.9 Å². The molecule has 0 radical (unpaired) electrons. The van der Waals surface area contributed by atoms with Crippen LogP contribution in [0.25, 0.3) is 10.2 Å². The summed E-state index contributed by atoms with van der Waals surface area (Å²) in [6.45, 7) is 6.57. The van der Waals surface area contributed by atoms with E-state index in [1.54, 1.807) is 30.1 Å². The number of aromatic nitrogens is 4. The van der Waals surface area contributed by atoms with Crippen molar-refractivity contribution in [3.8, 4) is 0 Å². The summed E-state index contributed by atoms with van der Waals surface area (Å²) >= 11 is 1.69. The van der Waals surface area contributed by atoms with Gasteiger partial charge in [0.05, 0.1) is 17.3 Å². The monoisotopic (exact) mass is 300 g/mol. The van der Waals surface area contributed by atoms with Crippen LogP contribution in [-0.4, -0.2) is 26.4 Å². The molecule has 0 aliphatic carbocycles. The van der Waals surface area contributed by atoms with Gasteiger partial charge in [-0.15, -0.1) is 11.3 Å². The van der Waals surface area contributed by atoms with Crippen molar-refractivity contribution in [3.63, 3.8) is 0 Å². The maximum atomic E-state index is 4.33. The van der Waals surface area contributed by atoms with Crippen molar-refractivity contribution in [2.75, 3.05) is 5.43 Å². The third-order valence-corrected chi connectivity index (χ3v) is 4.43. The Hall–Kier alpha value is -2.28. The van der Waals surface area contributed by atoms with Crippen LogP contribution in [0.1, 0.15) is 31.3 Å². The zero-order valence-corrected chi connectivity index (χ0v) is 12.9. The van der Waals surface area contributed by atoms with E-state index < -0.39 is 0 Å². The molecule has 108 valence electrons. The summed E-state index contributed by atoms with van der Waals surface area (Å²) in [5.41, 5.74) is 3.89. The van der Waals surface area contributed by atoms with Gasteiger partial charge in [-0.2, -0.15) is 10.2 Å². The average Bonchev–Trinajstić information content (AvgIpc) is 3.06. The molecule has 3 aromatic heterocycles. The Kier molecular flexibility index (Phi) is 3.42. The van der Waals surface area contributed by atoms with Gasteiger partial charge in [0.25, 0.3) is 0 Å². The molecule has 0 unspecified atom stereocenters. The minimum Gasteiger partial charge on any atom is -0.277 e. The van der Waals surface area contributed by atoms with Crippen molar-refractivity contribution in [2.45, 2.75) is 26.2 Å². The van der Waals surface area contributed by atoms with Crippen LogP contribution in [0.4, 0.5) is 5.82 Å². The Morgan fingerprint density at radius 1 is 1.33 bits per heavy atom. The Bertz CT molecular complexity index is 766. The minimum absolute atomic E-state index is 0.0990. The predicted molar refractivity (Wildman–Crippen MR) is 85.9 cm³/mol. The summed E-state index contributed by atoms with van der Waals surface area (Å²) in [4.78, 5) is 10.8. The number of nitrogens with one attached hydrogen (secondary N) is 2. The molecule has 3 rings (SSSR count). The fourth-order valence-electron chi connectivity index (χ4n) is 1.82. The maximum Gasteiger partial charge on any atom is 0.158 e. The van der Waals surface area contributed by atoms with E-state index in [0.29, 0.717) is 5.82 Å². The highest BCUT2D eigenvalue weighted by Gasteiger charge is 2.18. The van der Waals surface area contributed by atoms with Gasteiger partial charge in [-0.3, -0.25) is 10.5 Å². The van der Waals surface area contributed by atoms with E-state index in [2.05, 4.69) is 57.5 Å². The lowest BCUT2D eigenvalue weighted by molar-refractivity contribution is 0.604. The van der Waals surface area contributed by atoms with Gasteiger partial charge in [0.1, 0.15) is 11.2 Å². The maximum absolute atomic E-state index is 4.33. The summed E-state index contributed by atoms with van der Waals surface area (Å²) in [6, 6.07) is 3.97. The molecule has 0 aliphatic heterocycles. The topological polar surface area (TPSA) is 78.9 Å². The highest BCUT2D eigenvalue weighted by atomic mass is 32.1. The molecule has 3 aromatic rings. The van der Waals surface area contributed by atoms with Crippen LogP contribution in [0.5, 0.6) is 0 Å². The number of anilines is 1. The summed E-state index contributed by atoms with van der Waals surface area (Å²) in [7, 11) is 0. The molecule has 0 fully saturated rings. The Morgan fingerprint density at radius 2 is 2.19 bits per heavy atom. The van der Waals surface area contributed by atoms with E-state index >= 15 is 0 Å². The zero-order chi connectivity index (χ0) is 14.9. The number of H-pyrrole nitrogens is 1. The first-order valence-corrected chi connectivity index (χ1v) is 7.39. The first kappa shape index (κ1) is 13.7. The lowest BCUT2D eigenvalue weighted by atomic mass is 9.94. The standard InChI is InChI=1S/C14H16N6S/c1-14(2,3)11-6-10-12(15-8-16-13(10)21-11)20-18-7-9-4-5-17-19-9/h4-8H,1-3H3,(H,17,19)(H,15,16,20). The molecular formula is C14H16N6S. The average molecular weight is 300 g/mol. The molecule has 0 aliphatic rings. The van der Waals surface area contributed by atoms with E-state index in [9.17, 15) is 0 Å². The summed E-state index contributed by atoms with van der Waals surface area (Å²) in [5.74, 6) is 0.711. The molecule has 21 heavy (non-hydrogen) atoms. The normalized spacial score (nSPS) is 12.3. The van der Waals surface area contributed by atoms with Crippen molar-refractivity contribution in [2.24, 2.45) is 5.10 Å². The van der Waals surface area contributed by atoms with Crippen LogP contribution in [0.15, 0.2) is 29.8 Å². The van der Waals surface area contributed by atoms with Crippen molar-refractivity contribution in [3.05, 3.63) is 35.2 Å². The Balaban J connectivity index is 1.90. The van der Waals surface area contributed by atoms with Crippen LogP contribution in [0.2, 0.25) is 0 Å². The van der Waals surface area contributed by atoms with E-state index in [-0.39, 0.29) is 5.41 Å². The number of aromatic amines is 1. The van der Waals surface area contributed by atoms with Gasteiger partial charge in [-0.05, 0) is 17.5 Å². The van der Waals surface area contributed by atoms with Crippen LogP contribution in [-0.2, 0) is 5.41 Å². The Morgan fingerprint density at radius 3 is 2.90 bits per heavy atom. The van der Waals surface area contributed by atoms with Gasteiger partial charge in [-0.25, -0.2) is 9.97 Å². The van der Waals surface area contributed by atoms with Crippen molar-refractivity contribution in [1.82, 2.24) is 20.2 Å². The highest BCUT2D eigenvalue weighted by Crippen LogP contribution is 2.35. The Labute approximate surface area is 126 Å². The molecule has 0 atom stereocenters.